The van der Waals surface area contributed by atoms with Crippen molar-refractivity contribution in [3.8, 4) is 0 Å². The van der Waals surface area contributed by atoms with E-state index in [0.29, 0.717) is 6.54 Å². The normalized spacial score (nSPS) is 7.89. The van der Waals surface area contributed by atoms with Gasteiger partial charge >= 0.3 is 0 Å². The summed E-state index contributed by atoms with van der Waals surface area (Å²) in [5.41, 5.74) is 7.82. The van der Waals surface area contributed by atoms with E-state index in [0.717, 1.165) is 6.54 Å². The minimum absolute atomic E-state index is 0. The predicted octanol–water partition coefficient (Wildman–Crippen LogP) is 1.28. The third-order valence-corrected chi connectivity index (χ3v) is 0.710. The van der Waals surface area contributed by atoms with Gasteiger partial charge in [-0.25, -0.2) is 0 Å². The first-order chi connectivity index (χ1) is 3.77. The van der Waals surface area contributed by atoms with Gasteiger partial charge in [-0.3, -0.25) is 0 Å². The van der Waals surface area contributed by atoms with E-state index < -0.39 is 0 Å². The Bertz CT molecular complexity index is 96.7. The van der Waals surface area contributed by atoms with Gasteiger partial charge in [0.1, 0.15) is 0 Å². The average Bonchev–Trinajstić information content (AvgIpc) is 1.66. The van der Waals surface area contributed by atoms with Gasteiger partial charge in [0, 0.05) is 18.0 Å². The van der Waals surface area contributed by atoms with E-state index in [-0.39, 0.29) is 12.4 Å². The lowest BCUT2D eigenvalue weighted by Crippen LogP contribution is -2.14. The van der Waals surface area contributed by atoms with Crippen LogP contribution in [0.1, 0.15) is 0 Å². The van der Waals surface area contributed by atoms with Crippen LogP contribution in [-0.2, 0) is 0 Å². The second-order valence-electron chi connectivity index (χ2n) is 1.76. The molecule has 0 aliphatic carbocycles. The number of azide groups is 1. The Morgan fingerprint density at radius 2 is 2.11 bits per heavy atom. The molecule has 0 heterocycles. The Hall–Kier alpha value is -0.440. The van der Waals surface area contributed by atoms with Crippen LogP contribution in [0.5, 0.6) is 0 Å². The van der Waals surface area contributed by atoms with Crippen molar-refractivity contribution in [2.45, 2.75) is 0 Å². The van der Waals surface area contributed by atoms with Gasteiger partial charge in [0.2, 0.25) is 0 Å². The summed E-state index contributed by atoms with van der Waals surface area (Å²) < 4.78 is 0. The number of rotatable bonds is 3. The molecule has 0 aromatic carbocycles. The Labute approximate surface area is 60.9 Å². The van der Waals surface area contributed by atoms with Crippen LogP contribution in [0.4, 0.5) is 0 Å². The summed E-state index contributed by atoms with van der Waals surface area (Å²) in [4.78, 5) is 4.57. The van der Waals surface area contributed by atoms with E-state index >= 15 is 0 Å². The molecule has 0 saturated carbocycles. The van der Waals surface area contributed by atoms with Crippen molar-refractivity contribution in [2.24, 2.45) is 5.11 Å². The van der Waals surface area contributed by atoms with Crippen molar-refractivity contribution in [3.63, 3.8) is 0 Å². The van der Waals surface area contributed by atoms with E-state index in [1.165, 1.54) is 0 Å². The van der Waals surface area contributed by atoms with Crippen molar-refractivity contribution in [1.29, 1.82) is 0 Å². The molecule has 0 aliphatic heterocycles. The van der Waals surface area contributed by atoms with Gasteiger partial charge < -0.3 is 4.90 Å². The maximum absolute atomic E-state index is 7.82. The lowest BCUT2D eigenvalue weighted by molar-refractivity contribution is 0.420. The zero-order valence-electron chi connectivity index (χ0n) is 5.61. The molecule has 0 spiro atoms. The molecule has 54 valence electrons. The topological polar surface area (TPSA) is 52.0 Å². The highest BCUT2D eigenvalue weighted by Gasteiger charge is 1.83. The largest absolute Gasteiger partial charge is 0.309 e. The highest BCUT2D eigenvalue weighted by atomic mass is 35.5. The van der Waals surface area contributed by atoms with E-state index in [1.807, 2.05) is 19.0 Å². The minimum atomic E-state index is 0. The van der Waals surface area contributed by atoms with E-state index in [4.69, 9.17) is 5.53 Å². The second-order valence-corrected chi connectivity index (χ2v) is 1.76. The molecule has 4 nitrogen and oxygen atoms in total. The Kier molecular flexibility index (Phi) is 9.55. The molecule has 0 bridgehead atoms. The summed E-state index contributed by atoms with van der Waals surface area (Å²) in [7, 11) is 3.87. The third kappa shape index (κ3) is 11.2. The van der Waals surface area contributed by atoms with Crippen molar-refractivity contribution in [3.05, 3.63) is 10.4 Å². The molecule has 0 N–H and O–H groups in total. The molecule has 0 fully saturated rings. The maximum atomic E-state index is 7.82. The maximum Gasteiger partial charge on any atom is 0.0385 e. The van der Waals surface area contributed by atoms with Crippen LogP contribution < -0.4 is 0 Å². The predicted molar refractivity (Wildman–Crippen MR) is 39.8 cm³/mol. The highest BCUT2D eigenvalue weighted by Crippen LogP contribution is 1.74. The van der Waals surface area contributed by atoms with Crippen molar-refractivity contribution in [2.75, 3.05) is 27.2 Å². The molecule has 0 saturated heterocycles. The fourth-order valence-corrected chi connectivity index (χ4v) is 0.289. The molecule has 0 aliphatic rings. The van der Waals surface area contributed by atoms with Crippen LogP contribution in [0.3, 0.4) is 0 Å². The molecule has 0 atom stereocenters. The molecule has 0 radical (unpaired) electrons. The number of likely N-dealkylation sites (N-methyl/N-ethyl adjacent to an activating group) is 1. The first-order valence-corrected chi connectivity index (χ1v) is 2.43. The van der Waals surface area contributed by atoms with Crippen LogP contribution in [-0.4, -0.2) is 32.1 Å². The van der Waals surface area contributed by atoms with Gasteiger partial charge in [-0.05, 0) is 19.6 Å². The van der Waals surface area contributed by atoms with E-state index in [9.17, 15) is 0 Å². The number of halogens is 1. The van der Waals surface area contributed by atoms with E-state index in [2.05, 4.69) is 10.0 Å². The van der Waals surface area contributed by atoms with Crippen LogP contribution in [0.25, 0.3) is 10.4 Å². The van der Waals surface area contributed by atoms with E-state index in [1.54, 1.807) is 0 Å². The summed E-state index contributed by atoms with van der Waals surface area (Å²) in [5, 5.41) is 3.35. The minimum Gasteiger partial charge on any atom is -0.309 e. The Balaban J connectivity index is 0. The Morgan fingerprint density at radius 1 is 1.56 bits per heavy atom. The molecule has 9 heavy (non-hydrogen) atoms. The summed E-state index contributed by atoms with van der Waals surface area (Å²) >= 11 is 0. The molecular weight excluding hydrogens is 140 g/mol. The van der Waals surface area contributed by atoms with Gasteiger partial charge in [0.15, 0.2) is 0 Å². The zero-order chi connectivity index (χ0) is 6.41. The smallest absolute Gasteiger partial charge is 0.0385 e. The lowest BCUT2D eigenvalue weighted by atomic mass is 10.6. The van der Waals surface area contributed by atoms with Gasteiger partial charge in [0.05, 0.1) is 0 Å². The molecule has 0 aromatic rings. The van der Waals surface area contributed by atoms with Crippen LogP contribution >= 0.6 is 12.4 Å². The first-order valence-electron chi connectivity index (χ1n) is 2.43. The fourth-order valence-electron chi connectivity index (χ4n) is 0.289. The standard InChI is InChI=1S/C4H10N4.ClH/c1-8(2)4-3-6-7-5;/h3-4H2,1-2H3;1H. The van der Waals surface area contributed by atoms with Gasteiger partial charge in [-0.15, -0.1) is 12.4 Å². The zero-order valence-corrected chi connectivity index (χ0v) is 6.43. The molecular formula is C4H11ClN4. The number of hydrogen-bond donors (Lipinski definition) is 0. The van der Waals surface area contributed by atoms with Crippen molar-refractivity contribution >= 4 is 12.4 Å². The molecule has 0 unspecified atom stereocenters. The molecule has 5 heteroatoms. The van der Waals surface area contributed by atoms with Crippen molar-refractivity contribution in [1.82, 2.24) is 4.90 Å². The Morgan fingerprint density at radius 3 is 2.44 bits per heavy atom. The first kappa shape index (κ1) is 11.4. The highest BCUT2D eigenvalue weighted by molar-refractivity contribution is 5.85. The molecule has 0 amide bonds. The summed E-state index contributed by atoms with van der Waals surface area (Å²) in [6.45, 7) is 1.38. The molecule has 0 aromatic heterocycles. The number of hydrogen-bond acceptors (Lipinski definition) is 2. The van der Waals surface area contributed by atoms with Gasteiger partial charge in [0.25, 0.3) is 0 Å². The fraction of sp³-hybridized carbons (Fsp3) is 1.00. The molecule has 0 rings (SSSR count). The van der Waals surface area contributed by atoms with Gasteiger partial charge in [-0.1, -0.05) is 5.11 Å². The quantitative estimate of drug-likeness (QED) is 0.340. The van der Waals surface area contributed by atoms with Gasteiger partial charge in [-0.2, -0.15) is 0 Å². The monoisotopic (exact) mass is 150 g/mol. The number of nitrogens with zero attached hydrogens (tertiary/aromatic N) is 4. The summed E-state index contributed by atoms with van der Waals surface area (Å²) in [6, 6.07) is 0. The van der Waals surface area contributed by atoms with Crippen molar-refractivity contribution < 1.29 is 0 Å². The second kappa shape index (κ2) is 7.56. The SMILES string of the molecule is CN(C)CCN=[N+]=[N-].Cl. The average molecular weight is 151 g/mol. The van der Waals surface area contributed by atoms with Crippen LogP contribution in [0.15, 0.2) is 5.11 Å². The summed E-state index contributed by atoms with van der Waals surface area (Å²) in [6.07, 6.45) is 0. The van der Waals surface area contributed by atoms with Crippen LogP contribution in [0.2, 0.25) is 0 Å². The summed E-state index contributed by atoms with van der Waals surface area (Å²) in [5.74, 6) is 0. The third-order valence-electron chi connectivity index (χ3n) is 0.710. The lowest BCUT2D eigenvalue weighted by Gasteiger charge is -2.03. The van der Waals surface area contributed by atoms with Crippen LogP contribution in [0, 0.1) is 0 Å².